The minimum Gasteiger partial charge on any atom is -0.423 e. The van der Waals surface area contributed by atoms with Crippen LogP contribution in [0, 0.1) is 0 Å². The molecule has 3 heterocycles. The van der Waals surface area contributed by atoms with Gasteiger partial charge < -0.3 is 9.40 Å². The molecule has 1 saturated heterocycles. The minimum atomic E-state index is -3.59. The molecule has 2 aromatic heterocycles. The zero-order valence-corrected chi connectivity index (χ0v) is 16.5. The molecule has 1 aliphatic heterocycles. The van der Waals surface area contributed by atoms with Gasteiger partial charge in [0.1, 0.15) is 5.58 Å². The first-order valence-corrected chi connectivity index (χ1v) is 11.1. The van der Waals surface area contributed by atoms with Gasteiger partial charge in [-0.1, -0.05) is 18.2 Å². The normalized spacial score (nSPS) is 16.6. The predicted molar refractivity (Wildman–Crippen MR) is 112 cm³/mol. The number of H-pyrrole nitrogens is 1. The first-order valence-electron chi connectivity index (χ1n) is 9.62. The van der Waals surface area contributed by atoms with Crippen LogP contribution in [0.15, 0.2) is 74.9 Å². The molecular formula is C22H20N2O4S. The average Bonchev–Trinajstić information content (AvgIpc) is 3.17. The van der Waals surface area contributed by atoms with Gasteiger partial charge in [-0.3, -0.25) is 0 Å². The highest BCUT2D eigenvalue weighted by molar-refractivity contribution is 7.89. The molecule has 0 spiro atoms. The smallest absolute Gasteiger partial charge is 0.336 e. The molecule has 5 rings (SSSR count). The Kier molecular flexibility index (Phi) is 4.29. The summed E-state index contributed by atoms with van der Waals surface area (Å²) in [5, 5.41) is 1.81. The maximum atomic E-state index is 13.1. The van der Waals surface area contributed by atoms with Crippen LogP contribution in [0.2, 0.25) is 0 Å². The van der Waals surface area contributed by atoms with Crippen molar-refractivity contribution in [3.8, 4) is 0 Å². The van der Waals surface area contributed by atoms with Gasteiger partial charge in [0.05, 0.1) is 4.90 Å². The van der Waals surface area contributed by atoms with E-state index >= 15 is 0 Å². The summed E-state index contributed by atoms with van der Waals surface area (Å²) in [6.07, 6.45) is 3.61. The van der Waals surface area contributed by atoms with E-state index in [1.54, 1.807) is 22.5 Å². The largest absolute Gasteiger partial charge is 0.423 e. The van der Waals surface area contributed by atoms with Crippen molar-refractivity contribution >= 4 is 31.9 Å². The Morgan fingerprint density at radius 2 is 1.79 bits per heavy atom. The second-order valence-electron chi connectivity index (χ2n) is 7.42. The maximum absolute atomic E-state index is 13.1. The number of para-hydroxylation sites is 1. The van der Waals surface area contributed by atoms with Gasteiger partial charge in [-0.25, -0.2) is 13.2 Å². The number of fused-ring (bicyclic) bond motifs is 2. The number of hydrogen-bond acceptors (Lipinski definition) is 4. The van der Waals surface area contributed by atoms with E-state index in [4.69, 9.17) is 4.42 Å². The van der Waals surface area contributed by atoms with Crippen molar-refractivity contribution < 1.29 is 12.8 Å². The maximum Gasteiger partial charge on any atom is 0.336 e. The number of nitrogens with one attached hydrogen (secondary N) is 1. The molecule has 148 valence electrons. The fraction of sp³-hybridized carbons (Fsp3) is 0.227. The van der Waals surface area contributed by atoms with Crippen molar-refractivity contribution in [1.29, 1.82) is 0 Å². The van der Waals surface area contributed by atoms with Crippen LogP contribution in [0.3, 0.4) is 0 Å². The highest BCUT2D eigenvalue weighted by Crippen LogP contribution is 2.34. The fourth-order valence-electron chi connectivity index (χ4n) is 4.20. The van der Waals surface area contributed by atoms with Crippen molar-refractivity contribution in [2.45, 2.75) is 23.7 Å². The number of hydrogen-bond donors (Lipinski definition) is 1. The number of piperidine rings is 1. The van der Waals surface area contributed by atoms with Gasteiger partial charge in [-0.05, 0) is 54.7 Å². The molecule has 0 radical (unpaired) electrons. The molecule has 4 aromatic rings. The Balaban J connectivity index is 1.38. The topological polar surface area (TPSA) is 83.4 Å². The van der Waals surface area contributed by atoms with Crippen molar-refractivity contribution in [3.63, 3.8) is 0 Å². The van der Waals surface area contributed by atoms with E-state index in [0.717, 1.165) is 18.4 Å². The molecule has 0 saturated carbocycles. The van der Waals surface area contributed by atoms with Crippen molar-refractivity contribution in [3.05, 3.63) is 76.8 Å². The van der Waals surface area contributed by atoms with E-state index in [1.807, 2.05) is 12.1 Å². The lowest BCUT2D eigenvalue weighted by molar-refractivity contribution is 0.320. The van der Waals surface area contributed by atoms with Gasteiger partial charge in [-0.15, -0.1) is 0 Å². The first kappa shape index (κ1) is 18.1. The van der Waals surface area contributed by atoms with Gasteiger partial charge in [0.25, 0.3) is 0 Å². The van der Waals surface area contributed by atoms with Crippen molar-refractivity contribution in [1.82, 2.24) is 9.29 Å². The summed E-state index contributed by atoms with van der Waals surface area (Å²) in [6.45, 7) is 0.961. The third kappa shape index (κ3) is 3.16. The van der Waals surface area contributed by atoms with E-state index in [2.05, 4.69) is 23.3 Å². The van der Waals surface area contributed by atoms with E-state index < -0.39 is 15.6 Å². The molecule has 0 atom stereocenters. The zero-order chi connectivity index (χ0) is 20.0. The van der Waals surface area contributed by atoms with Crippen LogP contribution in [0.4, 0.5) is 0 Å². The Morgan fingerprint density at radius 1 is 1.00 bits per heavy atom. The fourth-order valence-corrected chi connectivity index (χ4v) is 5.70. The third-order valence-corrected chi connectivity index (χ3v) is 7.64. The van der Waals surface area contributed by atoms with E-state index in [1.165, 1.54) is 23.1 Å². The van der Waals surface area contributed by atoms with E-state index in [0.29, 0.717) is 30.0 Å². The standard InChI is InChI=1S/C22H20N2O4S/c25-22-8-5-16-13-17(6-7-21(16)28-22)29(26,27)24-11-9-15(10-12-24)19-14-23-20-4-2-1-3-18(19)20/h1-8,13-15,23H,9-12H2. The second kappa shape index (κ2) is 6.86. The Morgan fingerprint density at radius 3 is 2.62 bits per heavy atom. The van der Waals surface area contributed by atoms with Crippen LogP contribution >= 0.6 is 0 Å². The predicted octanol–water partition coefficient (Wildman–Crippen LogP) is 3.84. The number of aromatic amines is 1. The summed E-state index contributed by atoms with van der Waals surface area (Å²) in [6, 6.07) is 15.7. The summed E-state index contributed by atoms with van der Waals surface area (Å²) in [7, 11) is -3.59. The summed E-state index contributed by atoms with van der Waals surface area (Å²) in [4.78, 5) is 14.9. The number of sulfonamides is 1. The van der Waals surface area contributed by atoms with E-state index in [-0.39, 0.29) is 4.90 Å². The highest BCUT2D eigenvalue weighted by Gasteiger charge is 2.31. The Hall–Kier alpha value is -2.90. The monoisotopic (exact) mass is 408 g/mol. The number of rotatable bonds is 3. The quantitative estimate of drug-likeness (QED) is 0.522. The number of nitrogens with zero attached hydrogens (tertiary/aromatic N) is 1. The van der Waals surface area contributed by atoms with Crippen LogP contribution in [0.1, 0.15) is 24.3 Å². The third-order valence-electron chi connectivity index (χ3n) is 5.74. The Bertz CT molecular complexity index is 1360. The van der Waals surface area contributed by atoms with Crippen LogP contribution in [0.5, 0.6) is 0 Å². The van der Waals surface area contributed by atoms with Crippen LogP contribution in [0.25, 0.3) is 21.9 Å². The lowest BCUT2D eigenvalue weighted by Crippen LogP contribution is -2.37. The molecule has 7 heteroatoms. The number of aromatic nitrogens is 1. The van der Waals surface area contributed by atoms with Crippen molar-refractivity contribution in [2.24, 2.45) is 0 Å². The van der Waals surface area contributed by atoms with Crippen LogP contribution in [-0.2, 0) is 10.0 Å². The van der Waals surface area contributed by atoms with Crippen LogP contribution in [-0.4, -0.2) is 30.8 Å². The van der Waals surface area contributed by atoms with Crippen molar-refractivity contribution in [2.75, 3.05) is 13.1 Å². The molecular weight excluding hydrogens is 388 g/mol. The Labute approximate surface area is 167 Å². The zero-order valence-electron chi connectivity index (χ0n) is 15.7. The van der Waals surface area contributed by atoms with Gasteiger partial charge in [0, 0.05) is 41.6 Å². The number of benzene rings is 2. The average molecular weight is 408 g/mol. The first-order chi connectivity index (χ1) is 14.0. The molecule has 0 amide bonds. The molecule has 0 bridgehead atoms. The summed E-state index contributed by atoms with van der Waals surface area (Å²) < 4.78 is 32.9. The summed E-state index contributed by atoms with van der Waals surface area (Å²) >= 11 is 0. The van der Waals surface area contributed by atoms with E-state index in [9.17, 15) is 13.2 Å². The molecule has 0 aliphatic carbocycles. The molecule has 1 fully saturated rings. The SMILES string of the molecule is O=c1ccc2cc(S(=O)(=O)N3CCC(c4c[nH]c5ccccc45)CC3)ccc2o1. The van der Waals surface area contributed by atoms with Gasteiger partial charge in [0.15, 0.2) is 0 Å². The molecule has 2 aromatic carbocycles. The summed E-state index contributed by atoms with van der Waals surface area (Å²) in [5.41, 5.74) is 2.31. The lowest BCUT2D eigenvalue weighted by Gasteiger charge is -2.31. The molecule has 0 unspecified atom stereocenters. The second-order valence-corrected chi connectivity index (χ2v) is 9.36. The summed E-state index contributed by atoms with van der Waals surface area (Å²) in [5.74, 6) is 0.337. The molecule has 1 N–H and O–H groups in total. The van der Waals surface area contributed by atoms with Gasteiger partial charge in [-0.2, -0.15) is 4.31 Å². The minimum absolute atomic E-state index is 0.226. The molecule has 6 nitrogen and oxygen atoms in total. The highest BCUT2D eigenvalue weighted by atomic mass is 32.2. The molecule has 29 heavy (non-hydrogen) atoms. The lowest BCUT2D eigenvalue weighted by atomic mass is 9.90. The van der Waals surface area contributed by atoms with Gasteiger partial charge >= 0.3 is 5.63 Å². The van der Waals surface area contributed by atoms with Crippen LogP contribution < -0.4 is 5.63 Å². The van der Waals surface area contributed by atoms with Gasteiger partial charge in [0.2, 0.25) is 10.0 Å². The molecule has 1 aliphatic rings.